The molecule has 2 aromatic rings. The Hall–Kier alpha value is -1.05. The van der Waals surface area contributed by atoms with Gasteiger partial charge in [-0.1, -0.05) is 11.6 Å². The molecular weight excluding hydrogens is 429 g/mol. The summed E-state index contributed by atoms with van der Waals surface area (Å²) >= 11 is 7.31. The molecule has 5 nitrogen and oxygen atoms in total. The number of carbonyl (C=O) groups excluding carboxylic acids is 1. The first kappa shape index (κ1) is 22.2. The average Bonchev–Trinajstić information content (AvgIpc) is 3.28. The van der Waals surface area contributed by atoms with Crippen molar-refractivity contribution >= 4 is 53.7 Å². The molecule has 148 valence electrons. The first-order valence-corrected chi connectivity index (χ1v) is 9.64. The number of fused-ring (bicyclic) bond motifs is 1. The Morgan fingerprint density at radius 2 is 1.89 bits per heavy atom. The minimum atomic E-state index is 0. The van der Waals surface area contributed by atoms with Crippen molar-refractivity contribution in [3.05, 3.63) is 44.9 Å². The van der Waals surface area contributed by atoms with Gasteiger partial charge in [0.15, 0.2) is 0 Å². The lowest BCUT2D eigenvalue weighted by atomic mass is 10.0. The third-order valence-electron chi connectivity index (χ3n) is 4.89. The second-order valence-electron chi connectivity index (χ2n) is 6.65. The third-order valence-corrected chi connectivity index (χ3v) is 6.26. The fourth-order valence-corrected chi connectivity index (χ4v) is 4.62. The summed E-state index contributed by atoms with van der Waals surface area (Å²) in [7, 11) is 0. The van der Waals surface area contributed by atoms with Crippen molar-refractivity contribution in [3.8, 4) is 5.75 Å². The van der Waals surface area contributed by atoms with E-state index in [9.17, 15) is 4.79 Å². The first-order valence-electron chi connectivity index (χ1n) is 8.45. The fourth-order valence-electron chi connectivity index (χ4n) is 3.55. The highest BCUT2D eigenvalue weighted by Crippen LogP contribution is 2.29. The van der Waals surface area contributed by atoms with Crippen LogP contribution in [0, 0.1) is 18.8 Å². The minimum Gasteiger partial charge on any atom is -0.486 e. The van der Waals surface area contributed by atoms with E-state index in [1.54, 1.807) is 12.1 Å². The van der Waals surface area contributed by atoms with Gasteiger partial charge in [0.05, 0.1) is 5.69 Å². The second-order valence-corrected chi connectivity index (χ2v) is 8.17. The number of nitrogens with zero attached hydrogens (tertiary/aromatic N) is 2. The molecular formula is C18H22Cl3N3O2S. The smallest absolute Gasteiger partial charge is 0.265 e. The molecule has 4 rings (SSSR count). The molecule has 9 heteroatoms. The Bertz CT molecular complexity index is 773. The molecule has 27 heavy (non-hydrogen) atoms. The lowest BCUT2D eigenvalue weighted by Crippen LogP contribution is -2.31. The van der Waals surface area contributed by atoms with Crippen LogP contribution in [0.3, 0.4) is 0 Å². The molecule has 0 unspecified atom stereocenters. The van der Waals surface area contributed by atoms with Gasteiger partial charge < -0.3 is 15.0 Å². The monoisotopic (exact) mass is 449 g/mol. The van der Waals surface area contributed by atoms with Crippen LogP contribution in [0.4, 0.5) is 0 Å². The Balaban J connectivity index is 0.00000131. The first-order chi connectivity index (χ1) is 12.1. The number of benzene rings is 1. The van der Waals surface area contributed by atoms with Crippen molar-refractivity contribution in [2.75, 3.05) is 26.2 Å². The van der Waals surface area contributed by atoms with E-state index in [2.05, 4.69) is 10.3 Å². The highest BCUT2D eigenvalue weighted by molar-refractivity contribution is 7.13. The second kappa shape index (κ2) is 9.43. The van der Waals surface area contributed by atoms with Crippen molar-refractivity contribution in [2.45, 2.75) is 13.5 Å². The van der Waals surface area contributed by atoms with Crippen LogP contribution in [0.2, 0.25) is 5.02 Å². The number of likely N-dealkylation sites (tertiary alicyclic amines) is 1. The van der Waals surface area contributed by atoms with Gasteiger partial charge in [0.1, 0.15) is 22.2 Å². The highest BCUT2D eigenvalue weighted by atomic mass is 35.5. The molecule has 2 aliphatic rings. The number of hydrogen-bond acceptors (Lipinski definition) is 5. The number of rotatable bonds is 4. The van der Waals surface area contributed by atoms with E-state index in [0.717, 1.165) is 47.5 Å². The van der Waals surface area contributed by atoms with Crippen LogP contribution in [-0.2, 0) is 6.61 Å². The number of amides is 1. The highest BCUT2D eigenvalue weighted by Gasteiger charge is 2.39. The number of aryl methyl sites for hydroxylation is 1. The number of halogens is 3. The van der Waals surface area contributed by atoms with E-state index in [0.29, 0.717) is 23.5 Å². The SMILES string of the molecule is Cc1nc(COc2ccc(Cl)cc2)sc1C(=O)N1C[C@H]2CNC[C@H]2C1.Cl.Cl. The van der Waals surface area contributed by atoms with E-state index in [-0.39, 0.29) is 30.7 Å². The molecule has 1 amide bonds. The summed E-state index contributed by atoms with van der Waals surface area (Å²) in [6.45, 7) is 6.01. The predicted molar refractivity (Wildman–Crippen MR) is 113 cm³/mol. The van der Waals surface area contributed by atoms with E-state index in [1.807, 2.05) is 24.0 Å². The van der Waals surface area contributed by atoms with Crippen LogP contribution >= 0.6 is 47.8 Å². The van der Waals surface area contributed by atoms with Gasteiger partial charge in [-0.15, -0.1) is 36.2 Å². The van der Waals surface area contributed by atoms with Crippen LogP contribution < -0.4 is 10.1 Å². The number of hydrogen-bond donors (Lipinski definition) is 1. The van der Waals surface area contributed by atoms with Crippen LogP contribution in [0.1, 0.15) is 20.4 Å². The Kier molecular flexibility index (Phi) is 7.77. The maximum absolute atomic E-state index is 12.8. The van der Waals surface area contributed by atoms with Gasteiger partial charge in [0.25, 0.3) is 5.91 Å². The number of aromatic nitrogens is 1. The summed E-state index contributed by atoms with van der Waals surface area (Å²) in [5.74, 6) is 2.06. The molecule has 0 aliphatic carbocycles. The number of thiazole rings is 1. The van der Waals surface area contributed by atoms with Crippen molar-refractivity contribution in [3.63, 3.8) is 0 Å². The molecule has 0 saturated carbocycles. The lowest BCUT2D eigenvalue weighted by molar-refractivity contribution is 0.0785. The zero-order valence-corrected chi connectivity index (χ0v) is 18.0. The van der Waals surface area contributed by atoms with Gasteiger partial charge in [-0.25, -0.2) is 4.98 Å². The van der Waals surface area contributed by atoms with Crippen molar-refractivity contribution in [1.29, 1.82) is 0 Å². The van der Waals surface area contributed by atoms with Crippen molar-refractivity contribution in [2.24, 2.45) is 11.8 Å². The minimum absolute atomic E-state index is 0. The largest absolute Gasteiger partial charge is 0.486 e. The van der Waals surface area contributed by atoms with Gasteiger partial charge in [-0.2, -0.15) is 0 Å². The normalized spacial score (nSPS) is 20.6. The van der Waals surface area contributed by atoms with Gasteiger partial charge in [0, 0.05) is 31.2 Å². The maximum Gasteiger partial charge on any atom is 0.265 e. The van der Waals surface area contributed by atoms with E-state index in [1.165, 1.54) is 11.3 Å². The summed E-state index contributed by atoms with van der Waals surface area (Å²) in [5.41, 5.74) is 0.792. The quantitative estimate of drug-likeness (QED) is 0.769. The molecule has 0 radical (unpaired) electrons. The molecule has 2 fully saturated rings. The average molecular weight is 451 g/mol. The van der Waals surface area contributed by atoms with Gasteiger partial charge in [0.2, 0.25) is 0 Å². The van der Waals surface area contributed by atoms with E-state index < -0.39 is 0 Å². The lowest BCUT2D eigenvalue weighted by Gasteiger charge is -2.16. The molecule has 3 heterocycles. The summed E-state index contributed by atoms with van der Waals surface area (Å²) in [6, 6.07) is 7.23. The van der Waals surface area contributed by atoms with E-state index in [4.69, 9.17) is 16.3 Å². The molecule has 1 aromatic heterocycles. The Labute approximate surface area is 180 Å². The molecule has 0 bridgehead atoms. The Morgan fingerprint density at radius 1 is 1.26 bits per heavy atom. The molecule has 2 aliphatic heterocycles. The van der Waals surface area contributed by atoms with E-state index >= 15 is 0 Å². The molecule has 1 aromatic carbocycles. The number of ether oxygens (including phenoxy) is 1. The topological polar surface area (TPSA) is 54.5 Å². The fraction of sp³-hybridized carbons (Fsp3) is 0.444. The third kappa shape index (κ3) is 4.87. The molecule has 2 saturated heterocycles. The van der Waals surface area contributed by atoms with Crippen LogP contribution in [0.5, 0.6) is 5.75 Å². The number of carbonyl (C=O) groups is 1. The van der Waals surface area contributed by atoms with Crippen LogP contribution in [-0.4, -0.2) is 42.0 Å². The van der Waals surface area contributed by atoms with Crippen molar-refractivity contribution in [1.82, 2.24) is 15.2 Å². The van der Waals surface area contributed by atoms with Crippen molar-refractivity contribution < 1.29 is 9.53 Å². The molecule has 1 N–H and O–H groups in total. The van der Waals surface area contributed by atoms with Crippen LogP contribution in [0.15, 0.2) is 24.3 Å². The standard InChI is InChI=1S/C18H20ClN3O2S.2ClH/c1-11-17(18(23)22-8-12-6-20-7-13(12)9-22)25-16(21-11)10-24-15-4-2-14(19)3-5-15;;/h2-5,12-13,20H,6-10H2,1H3;2*1H/t12-,13+;;. The summed E-state index contributed by atoms with van der Waals surface area (Å²) in [4.78, 5) is 20.1. The predicted octanol–water partition coefficient (Wildman–Crippen LogP) is 3.82. The zero-order valence-electron chi connectivity index (χ0n) is 14.8. The summed E-state index contributed by atoms with van der Waals surface area (Å²) < 4.78 is 5.74. The summed E-state index contributed by atoms with van der Waals surface area (Å²) in [5, 5.41) is 4.90. The van der Waals surface area contributed by atoms with Gasteiger partial charge in [-0.3, -0.25) is 4.79 Å². The summed E-state index contributed by atoms with van der Waals surface area (Å²) in [6.07, 6.45) is 0. The molecule has 0 spiro atoms. The maximum atomic E-state index is 12.8. The van der Waals surface area contributed by atoms with Crippen LogP contribution in [0.25, 0.3) is 0 Å². The number of nitrogens with one attached hydrogen (secondary N) is 1. The van der Waals surface area contributed by atoms with Gasteiger partial charge >= 0.3 is 0 Å². The van der Waals surface area contributed by atoms with Gasteiger partial charge in [-0.05, 0) is 43.0 Å². The Morgan fingerprint density at radius 3 is 2.52 bits per heavy atom. The molecule has 2 atom stereocenters. The zero-order chi connectivity index (χ0) is 17.4.